The SMILES string of the molecule is Cc1cccc(N2CCN(C(=O)C(C)(C)C(=O)N(C)Cc3ccccc3)CC2)c1. The number of hydrogen-bond donors (Lipinski definition) is 0. The van der Waals surface area contributed by atoms with Gasteiger partial charge in [0, 0.05) is 45.5 Å². The summed E-state index contributed by atoms with van der Waals surface area (Å²) in [6.07, 6.45) is 0. The molecule has 29 heavy (non-hydrogen) atoms. The van der Waals surface area contributed by atoms with Gasteiger partial charge in [0.05, 0.1) is 0 Å². The van der Waals surface area contributed by atoms with Gasteiger partial charge in [-0.2, -0.15) is 0 Å². The van der Waals surface area contributed by atoms with E-state index in [1.165, 1.54) is 11.3 Å². The van der Waals surface area contributed by atoms with Gasteiger partial charge in [0.15, 0.2) is 0 Å². The summed E-state index contributed by atoms with van der Waals surface area (Å²) in [6.45, 7) is 8.88. The molecule has 0 aliphatic carbocycles. The van der Waals surface area contributed by atoms with Crippen molar-refractivity contribution in [3.05, 3.63) is 65.7 Å². The predicted molar refractivity (Wildman–Crippen MR) is 117 cm³/mol. The summed E-state index contributed by atoms with van der Waals surface area (Å²) in [5, 5.41) is 0. The Morgan fingerprint density at radius 1 is 0.966 bits per heavy atom. The van der Waals surface area contributed by atoms with Gasteiger partial charge in [0.1, 0.15) is 5.41 Å². The van der Waals surface area contributed by atoms with Crippen molar-refractivity contribution in [1.82, 2.24) is 9.80 Å². The van der Waals surface area contributed by atoms with Crippen LogP contribution in [0.4, 0.5) is 5.69 Å². The van der Waals surface area contributed by atoms with Crippen LogP contribution in [0.1, 0.15) is 25.0 Å². The molecule has 2 aromatic rings. The van der Waals surface area contributed by atoms with E-state index in [4.69, 9.17) is 0 Å². The largest absolute Gasteiger partial charge is 0.368 e. The fourth-order valence-corrected chi connectivity index (χ4v) is 3.89. The first-order chi connectivity index (χ1) is 13.8. The first-order valence-corrected chi connectivity index (χ1v) is 10.2. The molecule has 0 saturated carbocycles. The Kier molecular flexibility index (Phi) is 6.26. The molecule has 0 spiro atoms. The first-order valence-electron chi connectivity index (χ1n) is 10.2. The zero-order valence-corrected chi connectivity index (χ0v) is 17.9. The number of piperazine rings is 1. The minimum atomic E-state index is -1.07. The molecule has 0 unspecified atom stereocenters. The van der Waals surface area contributed by atoms with Crippen molar-refractivity contribution in [2.75, 3.05) is 38.1 Å². The van der Waals surface area contributed by atoms with Crippen molar-refractivity contribution >= 4 is 17.5 Å². The van der Waals surface area contributed by atoms with E-state index >= 15 is 0 Å². The van der Waals surface area contributed by atoms with Crippen LogP contribution in [0.5, 0.6) is 0 Å². The molecule has 0 N–H and O–H groups in total. The third-order valence-corrected chi connectivity index (χ3v) is 5.61. The molecule has 1 fully saturated rings. The topological polar surface area (TPSA) is 43.9 Å². The average molecular weight is 394 g/mol. The number of benzene rings is 2. The van der Waals surface area contributed by atoms with Crippen LogP contribution in [-0.4, -0.2) is 54.8 Å². The quantitative estimate of drug-likeness (QED) is 0.732. The lowest BCUT2D eigenvalue weighted by Crippen LogP contribution is -2.55. The van der Waals surface area contributed by atoms with E-state index in [0.29, 0.717) is 19.6 Å². The average Bonchev–Trinajstić information content (AvgIpc) is 2.73. The number of nitrogens with zero attached hydrogens (tertiary/aromatic N) is 3. The van der Waals surface area contributed by atoms with Gasteiger partial charge in [-0.15, -0.1) is 0 Å². The van der Waals surface area contributed by atoms with Gasteiger partial charge >= 0.3 is 0 Å². The van der Waals surface area contributed by atoms with E-state index in [1.54, 1.807) is 25.8 Å². The highest BCUT2D eigenvalue weighted by atomic mass is 16.2. The summed E-state index contributed by atoms with van der Waals surface area (Å²) in [5.41, 5.74) is 2.40. The number of amides is 2. The van der Waals surface area contributed by atoms with E-state index in [-0.39, 0.29) is 11.8 Å². The summed E-state index contributed by atoms with van der Waals surface area (Å²) in [6, 6.07) is 18.3. The van der Waals surface area contributed by atoms with E-state index in [9.17, 15) is 9.59 Å². The molecule has 1 heterocycles. The van der Waals surface area contributed by atoms with Crippen molar-refractivity contribution in [2.24, 2.45) is 5.41 Å². The van der Waals surface area contributed by atoms with Crippen molar-refractivity contribution in [2.45, 2.75) is 27.3 Å². The predicted octanol–water partition coefficient (Wildman–Crippen LogP) is 3.33. The number of carbonyl (C=O) groups excluding carboxylic acids is 2. The van der Waals surface area contributed by atoms with E-state index in [0.717, 1.165) is 18.7 Å². The fourth-order valence-electron chi connectivity index (χ4n) is 3.89. The normalized spacial score (nSPS) is 14.6. The molecule has 1 aliphatic heterocycles. The van der Waals surface area contributed by atoms with Crippen LogP contribution >= 0.6 is 0 Å². The smallest absolute Gasteiger partial charge is 0.237 e. The molecule has 3 rings (SSSR count). The van der Waals surface area contributed by atoms with E-state index < -0.39 is 5.41 Å². The maximum Gasteiger partial charge on any atom is 0.237 e. The summed E-state index contributed by atoms with van der Waals surface area (Å²) in [5.74, 6) is -0.237. The monoisotopic (exact) mass is 393 g/mol. The van der Waals surface area contributed by atoms with Crippen LogP contribution < -0.4 is 4.90 Å². The summed E-state index contributed by atoms with van der Waals surface area (Å²) in [7, 11) is 1.76. The van der Waals surface area contributed by atoms with Crippen LogP contribution in [0.15, 0.2) is 54.6 Å². The Labute approximate surface area is 173 Å². The molecule has 2 aromatic carbocycles. The molecule has 5 nitrogen and oxygen atoms in total. The van der Waals surface area contributed by atoms with Crippen LogP contribution in [0.2, 0.25) is 0 Å². The molecule has 1 saturated heterocycles. The molecule has 2 amide bonds. The minimum Gasteiger partial charge on any atom is -0.368 e. The standard InChI is InChI=1S/C24H31N3O2/c1-19-9-8-12-21(17-19)26-13-15-27(16-14-26)23(29)24(2,3)22(28)25(4)18-20-10-6-5-7-11-20/h5-12,17H,13-16,18H2,1-4H3. The molecule has 0 aromatic heterocycles. The number of hydrogen-bond acceptors (Lipinski definition) is 3. The lowest BCUT2D eigenvalue weighted by atomic mass is 9.89. The van der Waals surface area contributed by atoms with Gasteiger partial charge in [-0.1, -0.05) is 42.5 Å². The van der Waals surface area contributed by atoms with Gasteiger partial charge in [0.25, 0.3) is 0 Å². The number of anilines is 1. The third-order valence-electron chi connectivity index (χ3n) is 5.61. The van der Waals surface area contributed by atoms with Crippen LogP contribution in [0.25, 0.3) is 0 Å². The van der Waals surface area contributed by atoms with Gasteiger partial charge in [-0.3, -0.25) is 9.59 Å². The summed E-state index contributed by atoms with van der Waals surface area (Å²) >= 11 is 0. The molecule has 1 aliphatic rings. The highest BCUT2D eigenvalue weighted by Crippen LogP contribution is 2.25. The van der Waals surface area contributed by atoms with Gasteiger partial charge in [0.2, 0.25) is 11.8 Å². The van der Waals surface area contributed by atoms with E-state index in [2.05, 4.69) is 36.1 Å². The van der Waals surface area contributed by atoms with Crippen LogP contribution in [-0.2, 0) is 16.1 Å². The third kappa shape index (κ3) is 4.78. The molecular weight excluding hydrogens is 362 g/mol. The van der Waals surface area contributed by atoms with Gasteiger partial charge < -0.3 is 14.7 Å². The Bertz CT molecular complexity index is 855. The summed E-state index contributed by atoms with van der Waals surface area (Å²) in [4.78, 5) is 32.0. The second kappa shape index (κ2) is 8.68. The molecule has 5 heteroatoms. The lowest BCUT2D eigenvalue weighted by molar-refractivity contribution is -0.153. The fraction of sp³-hybridized carbons (Fsp3) is 0.417. The highest BCUT2D eigenvalue weighted by molar-refractivity contribution is 6.04. The Morgan fingerprint density at radius 2 is 1.62 bits per heavy atom. The molecule has 0 radical (unpaired) electrons. The minimum absolute atomic E-state index is 0.0914. The molecule has 154 valence electrons. The Balaban J connectivity index is 1.60. The Morgan fingerprint density at radius 3 is 2.24 bits per heavy atom. The van der Waals surface area contributed by atoms with Crippen LogP contribution in [0.3, 0.4) is 0 Å². The zero-order valence-electron chi connectivity index (χ0n) is 17.9. The van der Waals surface area contributed by atoms with Crippen molar-refractivity contribution < 1.29 is 9.59 Å². The molecule has 0 bridgehead atoms. The maximum absolute atomic E-state index is 13.2. The summed E-state index contributed by atoms with van der Waals surface area (Å²) < 4.78 is 0. The number of rotatable bonds is 5. The van der Waals surface area contributed by atoms with Gasteiger partial charge in [-0.25, -0.2) is 0 Å². The van der Waals surface area contributed by atoms with Crippen LogP contribution in [0, 0.1) is 12.3 Å². The maximum atomic E-state index is 13.2. The van der Waals surface area contributed by atoms with Crippen molar-refractivity contribution in [1.29, 1.82) is 0 Å². The van der Waals surface area contributed by atoms with Crippen molar-refractivity contribution in [3.63, 3.8) is 0 Å². The Hall–Kier alpha value is -2.82. The number of carbonyl (C=O) groups is 2. The lowest BCUT2D eigenvalue weighted by Gasteiger charge is -2.40. The highest BCUT2D eigenvalue weighted by Gasteiger charge is 2.41. The van der Waals surface area contributed by atoms with Gasteiger partial charge in [-0.05, 0) is 44.0 Å². The van der Waals surface area contributed by atoms with Crippen molar-refractivity contribution in [3.8, 4) is 0 Å². The molecule has 0 atom stereocenters. The molecular formula is C24H31N3O2. The second-order valence-electron chi connectivity index (χ2n) is 8.39. The first kappa shape index (κ1) is 20.9. The number of aryl methyl sites for hydroxylation is 1. The second-order valence-corrected chi connectivity index (χ2v) is 8.39. The van der Waals surface area contributed by atoms with E-state index in [1.807, 2.05) is 35.2 Å². The zero-order chi connectivity index (χ0) is 21.0.